The van der Waals surface area contributed by atoms with Gasteiger partial charge in [0.05, 0.1) is 0 Å². The van der Waals surface area contributed by atoms with Gasteiger partial charge in [-0.1, -0.05) is 48.5 Å². The monoisotopic (exact) mass is 596 g/mol. The Balaban J connectivity index is 0.00000484. The molecule has 0 bridgehead atoms. The Kier molecular flexibility index (Phi) is 10.7. The second-order valence-electron chi connectivity index (χ2n) is 11.3. The van der Waals surface area contributed by atoms with Crippen molar-refractivity contribution in [3.8, 4) is 23.0 Å². The fourth-order valence-electron chi connectivity index (χ4n) is 5.58. The van der Waals surface area contributed by atoms with Crippen molar-refractivity contribution in [2.45, 2.75) is 68.2 Å². The van der Waals surface area contributed by atoms with Gasteiger partial charge in [0.2, 0.25) is 0 Å². The molecule has 0 amide bonds. The van der Waals surface area contributed by atoms with Gasteiger partial charge >= 0.3 is 37.4 Å². The summed E-state index contributed by atoms with van der Waals surface area (Å²) in [7, 11) is -4.75. The molecule has 0 heterocycles. The van der Waals surface area contributed by atoms with Crippen LogP contribution in [0.2, 0.25) is 0 Å². The third-order valence-electron chi connectivity index (χ3n) is 7.36. The van der Waals surface area contributed by atoms with Crippen LogP contribution in [0.3, 0.4) is 0 Å². The van der Waals surface area contributed by atoms with Gasteiger partial charge in [-0.05, 0) is 135 Å². The van der Waals surface area contributed by atoms with Crippen LogP contribution in [0, 0.1) is 55.4 Å². The third-order valence-corrected chi connectivity index (χ3v) is 8.18. The van der Waals surface area contributed by atoms with Crippen LogP contribution in [-0.2, 0) is 17.4 Å². The SMILES string of the molecule is Cc1cc(Cc2cc(C)c(OP(=O)([O-])Oc3c(C)cc(Cc4cc(C)c(O)c(C)c4)cc3C)c(C)c2)cc(C)c1O.[Na+]. The van der Waals surface area contributed by atoms with Gasteiger partial charge in [0.15, 0.2) is 0 Å². The first-order chi connectivity index (χ1) is 19.1. The average molecular weight is 597 g/mol. The molecule has 6 nitrogen and oxygen atoms in total. The average Bonchev–Trinajstić information content (AvgIpc) is 2.85. The molecule has 0 unspecified atom stereocenters. The molecule has 0 aliphatic carbocycles. The van der Waals surface area contributed by atoms with Crippen LogP contribution in [0.5, 0.6) is 23.0 Å². The zero-order valence-corrected chi connectivity index (χ0v) is 28.9. The van der Waals surface area contributed by atoms with Crippen molar-refractivity contribution >= 4 is 7.82 Å². The van der Waals surface area contributed by atoms with Crippen molar-refractivity contribution in [2.75, 3.05) is 0 Å². The zero-order valence-electron chi connectivity index (χ0n) is 26.0. The predicted octanol–water partition coefficient (Wildman–Crippen LogP) is 4.68. The molecule has 0 radical (unpaired) electrons. The van der Waals surface area contributed by atoms with Crippen LogP contribution in [0.4, 0.5) is 0 Å². The summed E-state index contributed by atoms with van der Waals surface area (Å²) in [6, 6.07) is 15.5. The number of rotatable bonds is 8. The van der Waals surface area contributed by atoms with Gasteiger partial charge in [0, 0.05) is 0 Å². The normalized spacial score (nSPS) is 11.3. The summed E-state index contributed by atoms with van der Waals surface area (Å²) in [6.45, 7) is 14.8. The quantitative estimate of drug-likeness (QED) is 0.227. The minimum Gasteiger partial charge on any atom is -0.736 e. The molecule has 8 heteroatoms. The Morgan fingerprint density at radius 1 is 0.524 bits per heavy atom. The van der Waals surface area contributed by atoms with Gasteiger partial charge < -0.3 is 24.2 Å². The van der Waals surface area contributed by atoms with Gasteiger partial charge in [-0.25, -0.2) is 4.57 Å². The number of phenols is 2. The maximum atomic E-state index is 13.1. The number of benzene rings is 4. The molecule has 0 saturated heterocycles. The minimum absolute atomic E-state index is 0. The smallest absolute Gasteiger partial charge is 0.736 e. The van der Waals surface area contributed by atoms with Crippen LogP contribution in [0.1, 0.15) is 66.8 Å². The largest absolute Gasteiger partial charge is 1.00 e. The summed E-state index contributed by atoms with van der Waals surface area (Å²) in [6.07, 6.45) is 1.28. The maximum Gasteiger partial charge on any atom is 1.00 e. The topological polar surface area (TPSA) is 99.1 Å². The Bertz CT molecular complexity index is 1480. The molecular formula is C34H38NaO6P. The standard InChI is InChI=1S/C34H39O6P.Na/c1-19-9-27(10-20(2)31(19)35)17-29-13-23(5)33(24(6)14-29)39-41(37,38)40-34-25(7)15-30(16-26(34)8)18-28-11-21(3)32(36)22(4)12-28;/h9-16,35-36H,17-18H2,1-8H3,(H,37,38);/q;+1/p-1. The van der Waals surface area contributed by atoms with Crippen molar-refractivity contribution < 1.29 is 58.3 Å². The van der Waals surface area contributed by atoms with Crippen LogP contribution in [0.25, 0.3) is 0 Å². The molecule has 2 N–H and O–H groups in total. The van der Waals surface area contributed by atoms with Crippen LogP contribution in [-0.4, -0.2) is 10.2 Å². The van der Waals surface area contributed by atoms with Crippen molar-refractivity contribution in [1.82, 2.24) is 0 Å². The van der Waals surface area contributed by atoms with E-state index in [2.05, 4.69) is 0 Å². The molecule has 0 atom stereocenters. The molecular weight excluding hydrogens is 558 g/mol. The zero-order chi connectivity index (χ0) is 30.2. The summed E-state index contributed by atoms with van der Waals surface area (Å²) < 4.78 is 24.1. The van der Waals surface area contributed by atoms with Gasteiger partial charge in [-0.3, -0.25) is 0 Å². The van der Waals surface area contributed by atoms with Crippen molar-refractivity contribution in [1.29, 1.82) is 0 Å². The van der Waals surface area contributed by atoms with E-state index in [9.17, 15) is 19.7 Å². The number of hydrogen-bond acceptors (Lipinski definition) is 6. The molecule has 0 spiro atoms. The molecule has 4 aromatic carbocycles. The number of aromatic hydroxyl groups is 2. The second kappa shape index (κ2) is 13.3. The molecule has 4 rings (SSSR count). The van der Waals surface area contributed by atoms with Crippen molar-refractivity contribution in [2.24, 2.45) is 0 Å². The number of phosphoric ester groups is 1. The van der Waals surface area contributed by atoms with Gasteiger partial charge in [0.25, 0.3) is 0 Å². The fraction of sp³-hybridized carbons (Fsp3) is 0.294. The Morgan fingerprint density at radius 2 is 0.738 bits per heavy atom. The first-order valence-corrected chi connectivity index (χ1v) is 15.1. The molecule has 216 valence electrons. The van der Waals surface area contributed by atoms with E-state index in [0.717, 1.165) is 44.5 Å². The molecule has 0 aliphatic heterocycles. The van der Waals surface area contributed by atoms with E-state index >= 15 is 0 Å². The Labute approximate surface area is 271 Å². The molecule has 0 saturated carbocycles. The maximum absolute atomic E-state index is 13.1. The first-order valence-electron chi connectivity index (χ1n) is 13.6. The molecule has 0 aliphatic rings. The summed E-state index contributed by atoms with van der Waals surface area (Å²) >= 11 is 0. The van der Waals surface area contributed by atoms with Crippen molar-refractivity contribution in [3.05, 3.63) is 115 Å². The molecule has 0 aromatic heterocycles. The second-order valence-corrected chi connectivity index (χ2v) is 12.5. The molecule has 4 aromatic rings. The van der Waals surface area contributed by atoms with Crippen molar-refractivity contribution in [3.63, 3.8) is 0 Å². The summed E-state index contributed by atoms with van der Waals surface area (Å²) in [5, 5.41) is 20.2. The van der Waals surface area contributed by atoms with E-state index in [1.54, 1.807) is 0 Å². The summed E-state index contributed by atoms with van der Waals surface area (Å²) in [5.74, 6) is 1.13. The number of hydrogen-bond donors (Lipinski definition) is 2. The fourth-order valence-corrected chi connectivity index (χ4v) is 6.64. The van der Waals surface area contributed by atoms with E-state index in [1.165, 1.54) is 0 Å². The molecule has 42 heavy (non-hydrogen) atoms. The van der Waals surface area contributed by atoms with Crippen LogP contribution >= 0.6 is 7.82 Å². The minimum atomic E-state index is -4.75. The molecule has 0 fully saturated rings. The third kappa shape index (κ3) is 7.80. The van der Waals surface area contributed by atoms with Gasteiger partial charge in [-0.15, -0.1) is 0 Å². The number of aryl methyl sites for hydroxylation is 8. The van der Waals surface area contributed by atoms with Gasteiger partial charge in [-0.2, -0.15) is 0 Å². The summed E-state index contributed by atoms with van der Waals surface area (Å²) in [5.41, 5.74) is 10.2. The van der Waals surface area contributed by atoms with E-state index < -0.39 is 7.82 Å². The predicted molar refractivity (Wildman–Crippen MR) is 161 cm³/mol. The van der Waals surface area contributed by atoms with E-state index in [-0.39, 0.29) is 41.1 Å². The van der Waals surface area contributed by atoms with Crippen LogP contribution in [0.15, 0.2) is 48.5 Å². The van der Waals surface area contributed by atoms with E-state index in [0.29, 0.717) is 46.6 Å². The summed E-state index contributed by atoms with van der Waals surface area (Å²) in [4.78, 5) is 13.1. The van der Waals surface area contributed by atoms with Crippen LogP contribution < -0.4 is 43.5 Å². The van der Waals surface area contributed by atoms with Gasteiger partial charge in [0.1, 0.15) is 23.0 Å². The Morgan fingerprint density at radius 3 is 0.976 bits per heavy atom. The van der Waals surface area contributed by atoms with E-state index in [1.807, 2.05) is 104 Å². The van der Waals surface area contributed by atoms with E-state index in [4.69, 9.17) is 9.05 Å². The number of phenolic OH excluding ortho intramolecular Hbond substituents is 2. The first kappa shape index (κ1) is 33.8. The number of phosphoric acid groups is 1. The Hall–Kier alpha value is -2.73.